The molecule has 128 valence electrons. The van der Waals surface area contributed by atoms with Crippen molar-refractivity contribution < 1.29 is 17.9 Å². The maximum absolute atomic E-state index is 12.5. The molecular formula is C18H21NO4S. The molecule has 1 atom stereocenters. The summed E-state index contributed by atoms with van der Waals surface area (Å²) in [6.07, 6.45) is 0. The summed E-state index contributed by atoms with van der Waals surface area (Å²) >= 11 is 0. The number of carbonyl (C=O) groups is 1. The lowest BCUT2D eigenvalue weighted by Crippen LogP contribution is -2.44. The summed E-state index contributed by atoms with van der Waals surface area (Å²) in [5, 5.41) is 0. The maximum atomic E-state index is 12.5. The van der Waals surface area contributed by atoms with Crippen molar-refractivity contribution in [1.29, 1.82) is 0 Å². The van der Waals surface area contributed by atoms with Crippen molar-refractivity contribution in [2.75, 3.05) is 7.11 Å². The normalized spacial score (nSPS) is 12.8. The van der Waals surface area contributed by atoms with Gasteiger partial charge < -0.3 is 4.74 Å². The molecule has 0 aromatic heterocycles. The Morgan fingerprint density at radius 2 is 1.50 bits per heavy atom. The summed E-state index contributed by atoms with van der Waals surface area (Å²) in [5.41, 5.74) is 1.92. The van der Waals surface area contributed by atoms with E-state index in [-0.39, 0.29) is 10.8 Å². The number of nitrogens with one attached hydrogen (secondary N) is 1. The zero-order chi connectivity index (χ0) is 17.7. The summed E-state index contributed by atoms with van der Waals surface area (Å²) in [7, 11) is -2.57. The lowest BCUT2D eigenvalue weighted by molar-refractivity contribution is -0.143. The largest absolute Gasteiger partial charge is 0.468 e. The lowest BCUT2D eigenvalue weighted by atomic mass is 10.1. The standard InChI is InChI=1S/C18H21NO4S/c1-13(2)17(18(20)23-3)19-24(21,22)16-11-9-15(10-12-16)14-7-5-4-6-8-14/h4-13,17,19H,1-3H3. The summed E-state index contributed by atoms with van der Waals surface area (Å²) in [6.45, 7) is 3.51. The number of methoxy groups -OCH3 is 1. The zero-order valence-corrected chi connectivity index (χ0v) is 14.7. The Morgan fingerprint density at radius 1 is 0.958 bits per heavy atom. The van der Waals surface area contributed by atoms with Gasteiger partial charge in [-0.3, -0.25) is 4.79 Å². The van der Waals surface area contributed by atoms with Gasteiger partial charge in [0.2, 0.25) is 10.0 Å². The predicted molar refractivity (Wildman–Crippen MR) is 92.8 cm³/mol. The SMILES string of the molecule is COC(=O)C(NS(=O)(=O)c1ccc(-c2ccccc2)cc1)C(C)C. The third-order valence-corrected chi connectivity index (χ3v) is 5.13. The Balaban J connectivity index is 2.25. The first kappa shape index (κ1) is 18.2. The Hall–Kier alpha value is -2.18. The van der Waals surface area contributed by atoms with Crippen LogP contribution in [0.1, 0.15) is 13.8 Å². The molecule has 0 saturated carbocycles. The maximum Gasteiger partial charge on any atom is 0.324 e. The van der Waals surface area contributed by atoms with E-state index in [0.717, 1.165) is 11.1 Å². The second kappa shape index (κ2) is 7.59. The van der Waals surface area contributed by atoms with Crippen LogP contribution < -0.4 is 4.72 Å². The van der Waals surface area contributed by atoms with Crippen LogP contribution in [0.2, 0.25) is 0 Å². The molecule has 2 rings (SSSR count). The van der Waals surface area contributed by atoms with E-state index < -0.39 is 22.0 Å². The van der Waals surface area contributed by atoms with Gasteiger partial charge in [0.25, 0.3) is 0 Å². The zero-order valence-electron chi connectivity index (χ0n) is 13.9. The highest BCUT2D eigenvalue weighted by Gasteiger charge is 2.29. The van der Waals surface area contributed by atoms with Gasteiger partial charge >= 0.3 is 5.97 Å². The number of sulfonamides is 1. The van der Waals surface area contributed by atoms with Crippen molar-refractivity contribution >= 4 is 16.0 Å². The van der Waals surface area contributed by atoms with Gasteiger partial charge in [-0.15, -0.1) is 0 Å². The Kier molecular flexibility index (Phi) is 5.75. The topological polar surface area (TPSA) is 72.5 Å². The fourth-order valence-electron chi connectivity index (χ4n) is 2.28. The lowest BCUT2D eigenvalue weighted by Gasteiger charge is -2.19. The van der Waals surface area contributed by atoms with E-state index in [1.807, 2.05) is 30.3 Å². The van der Waals surface area contributed by atoms with Gasteiger partial charge in [-0.25, -0.2) is 8.42 Å². The van der Waals surface area contributed by atoms with Crippen LogP contribution in [-0.4, -0.2) is 27.5 Å². The molecule has 0 radical (unpaired) electrons. The average molecular weight is 347 g/mol. The summed E-state index contributed by atoms with van der Waals surface area (Å²) in [4.78, 5) is 11.9. The first-order chi connectivity index (χ1) is 11.3. The molecule has 24 heavy (non-hydrogen) atoms. The van der Waals surface area contributed by atoms with Crippen LogP contribution in [0.4, 0.5) is 0 Å². The molecule has 0 saturated heterocycles. The van der Waals surface area contributed by atoms with E-state index in [9.17, 15) is 13.2 Å². The molecule has 6 heteroatoms. The van der Waals surface area contributed by atoms with Crippen molar-refractivity contribution in [3.8, 4) is 11.1 Å². The first-order valence-electron chi connectivity index (χ1n) is 7.61. The van der Waals surface area contributed by atoms with E-state index in [2.05, 4.69) is 9.46 Å². The van der Waals surface area contributed by atoms with E-state index in [1.165, 1.54) is 19.2 Å². The molecule has 0 heterocycles. The first-order valence-corrected chi connectivity index (χ1v) is 9.09. The number of esters is 1. The number of rotatable bonds is 6. The van der Waals surface area contributed by atoms with Crippen molar-refractivity contribution in [1.82, 2.24) is 4.72 Å². The van der Waals surface area contributed by atoms with E-state index in [4.69, 9.17) is 0 Å². The van der Waals surface area contributed by atoms with Crippen LogP contribution in [0.5, 0.6) is 0 Å². The van der Waals surface area contributed by atoms with Gasteiger partial charge in [-0.1, -0.05) is 56.3 Å². The fourth-order valence-corrected chi connectivity index (χ4v) is 3.61. The number of hydrogen-bond donors (Lipinski definition) is 1. The number of benzene rings is 2. The van der Waals surface area contributed by atoms with Crippen LogP contribution in [0.3, 0.4) is 0 Å². The highest BCUT2D eigenvalue weighted by molar-refractivity contribution is 7.89. The molecule has 2 aromatic carbocycles. The molecule has 0 bridgehead atoms. The molecule has 0 aliphatic carbocycles. The van der Waals surface area contributed by atoms with Crippen molar-refractivity contribution in [2.24, 2.45) is 5.92 Å². The van der Waals surface area contributed by atoms with Crippen LogP contribution in [0.15, 0.2) is 59.5 Å². The van der Waals surface area contributed by atoms with Crippen LogP contribution in [0.25, 0.3) is 11.1 Å². The number of hydrogen-bond acceptors (Lipinski definition) is 4. The van der Waals surface area contributed by atoms with Crippen LogP contribution in [0, 0.1) is 5.92 Å². The quantitative estimate of drug-likeness (QED) is 0.816. The highest BCUT2D eigenvalue weighted by atomic mass is 32.2. The molecule has 0 aliphatic heterocycles. The molecular weight excluding hydrogens is 326 g/mol. The number of carbonyl (C=O) groups excluding carboxylic acids is 1. The van der Waals surface area contributed by atoms with Crippen molar-refractivity contribution in [3.63, 3.8) is 0 Å². The van der Waals surface area contributed by atoms with Gasteiger partial charge in [-0.2, -0.15) is 4.72 Å². The molecule has 0 fully saturated rings. The minimum absolute atomic E-state index is 0.108. The second-order valence-electron chi connectivity index (χ2n) is 5.76. The Bertz CT molecular complexity index is 784. The molecule has 5 nitrogen and oxygen atoms in total. The Labute approximate surface area is 142 Å². The van der Waals surface area contributed by atoms with Gasteiger partial charge in [0.15, 0.2) is 0 Å². The molecule has 1 N–H and O–H groups in total. The van der Waals surface area contributed by atoms with Crippen molar-refractivity contribution in [2.45, 2.75) is 24.8 Å². The Morgan fingerprint density at radius 3 is 2.00 bits per heavy atom. The van der Waals surface area contributed by atoms with E-state index in [0.29, 0.717) is 0 Å². The predicted octanol–water partition coefficient (Wildman–Crippen LogP) is 2.83. The molecule has 1 unspecified atom stereocenters. The molecule has 0 amide bonds. The van der Waals surface area contributed by atoms with Crippen molar-refractivity contribution in [3.05, 3.63) is 54.6 Å². The van der Waals surface area contributed by atoms with Crippen LogP contribution >= 0.6 is 0 Å². The summed E-state index contributed by atoms with van der Waals surface area (Å²) in [5.74, 6) is -0.828. The van der Waals surface area contributed by atoms with E-state index >= 15 is 0 Å². The minimum atomic E-state index is -3.81. The van der Waals surface area contributed by atoms with Gasteiger partial charge in [0, 0.05) is 0 Å². The number of ether oxygens (including phenoxy) is 1. The van der Waals surface area contributed by atoms with Gasteiger partial charge in [0.05, 0.1) is 12.0 Å². The van der Waals surface area contributed by atoms with Gasteiger partial charge in [-0.05, 0) is 29.2 Å². The third kappa shape index (κ3) is 4.21. The fraction of sp³-hybridized carbons (Fsp3) is 0.278. The monoisotopic (exact) mass is 347 g/mol. The summed E-state index contributed by atoms with van der Waals surface area (Å²) < 4.78 is 32.1. The van der Waals surface area contributed by atoms with Crippen LogP contribution in [-0.2, 0) is 19.6 Å². The molecule has 0 spiro atoms. The van der Waals surface area contributed by atoms with E-state index in [1.54, 1.807) is 26.0 Å². The average Bonchev–Trinajstić information content (AvgIpc) is 2.59. The molecule has 0 aliphatic rings. The smallest absolute Gasteiger partial charge is 0.324 e. The van der Waals surface area contributed by atoms with Gasteiger partial charge in [0.1, 0.15) is 6.04 Å². The molecule has 2 aromatic rings. The minimum Gasteiger partial charge on any atom is -0.468 e. The highest BCUT2D eigenvalue weighted by Crippen LogP contribution is 2.21. The third-order valence-electron chi connectivity index (χ3n) is 3.68. The second-order valence-corrected chi connectivity index (χ2v) is 7.47. The summed E-state index contributed by atoms with van der Waals surface area (Å²) in [6, 6.07) is 15.3.